The second-order valence-corrected chi connectivity index (χ2v) is 8.81. The lowest BCUT2D eigenvalue weighted by atomic mass is 10.1. The molecular weight excluding hydrogens is 282 g/mol. The number of rotatable bonds is 5. The van der Waals surface area contributed by atoms with E-state index in [-0.39, 0.29) is 6.04 Å². The number of ether oxygens (including phenoxy) is 1. The first kappa shape index (κ1) is 13.5. The highest BCUT2D eigenvalue weighted by Crippen LogP contribution is 2.35. The van der Waals surface area contributed by atoms with Crippen LogP contribution in [0, 0.1) is 12.8 Å². The summed E-state index contributed by atoms with van der Waals surface area (Å²) in [6, 6.07) is 3.82. The maximum Gasteiger partial charge on any atom is 0.252 e. The Balaban J connectivity index is 1.82. The van der Waals surface area contributed by atoms with Crippen LogP contribution in [0.25, 0.3) is 0 Å². The molecular formula is C13H19NO3S2. The molecule has 6 heteroatoms. The monoisotopic (exact) mass is 301 g/mol. The van der Waals surface area contributed by atoms with Gasteiger partial charge in [-0.25, -0.2) is 8.42 Å². The van der Waals surface area contributed by atoms with Gasteiger partial charge in [0.1, 0.15) is 4.21 Å². The van der Waals surface area contributed by atoms with E-state index in [2.05, 4.69) is 0 Å². The van der Waals surface area contributed by atoms with Gasteiger partial charge < -0.3 is 4.74 Å². The molecule has 0 aromatic carbocycles. The zero-order valence-electron chi connectivity index (χ0n) is 11.0. The molecule has 1 atom stereocenters. The third-order valence-corrected chi connectivity index (χ3v) is 7.08. The molecule has 3 rings (SSSR count). The third-order valence-electron chi connectivity index (χ3n) is 3.69. The van der Waals surface area contributed by atoms with Crippen LogP contribution in [0.3, 0.4) is 0 Å². The third kappa shape index (κ3) is 2.86. The van der Waals surface area contributed by atoms with Crippen LogP contribution in [0.1, 0.15) is 24.1 Å². The summed E-state index contributed by atoms with van der Waals surface area (Å²) in [5.74, 6) is 0.358. The molecule has 0 radical (unpaired) electrons. The maximum atomic E-state index is 12.7. The Labute approximate surface area is 118 Å². The summed E-state index contributed by atoms with van der Waals surface area (Å²) >= 11 is 1.37. The fourth-order valence-electron chi connectivity index (χ4n) is 2.45. The second kappa shape index (κ2) is 5.16. The largest absolute Gasteiger partial charge is 0.381 e. The molecule has 2 fully saturated rings. The fourth-order valence-corrected chi connectivity index (χ4v) is 5.63. The van der Waals surface area contributed by atoms with Crippen molar-refractivity contribution >= 4 is 21.4 Å². The Morgan fingerprint density at radius 2 is 2.16 bits per heavy atom. The van der Waals surface area contributed by atoms with Gasteiger partial charge in [0, 0.05) is 24.1 Å². The quantitative estimate of drug-likeness (QED) is 0.838. The molecule has 19 heavy (non-hydrogen) atoms. The topological polar surface area (TPSA) is 46.6 Å². The van der Waals surface area contributed by atoms with Crippen molar-refractivity contribution in [2.45, 2.75) is 36.4 Å². The van der Waals surface area contributed by atoms with E-state index in [1.165, 1.54) is 11.3 Å². The molecule has 1 saturated carbocycles. The SMILES string of the molecule is Cc1ccc(S(=O)(=O)N(CC2CCOC2)C2CC2)s1. The van der Waals surface area contributed by atoms with Crippen LogP contribution < -0.4 is 0 Å². The van der Waals surface area contributed by atoms with Crippen molar-refractivity contribution in [2.75, 3.05) is 19.8 Å². The molecule has 2 aliphatic rings. The van der Waals surface area contributed by atoms with Crippen LogP contribution in [-0.2, 0) is 14.8 Å². The van der Waals surface area contributed by atoms with Crippen molar-refractivity contribution in [3.63, 3.8) is 0 Å². The van der Waals surface area contributed by atoms with Gasteiger partial charge in [-0.15, -0.1) is 11.3 Å². The van der Waals surface area contributed by atoms with E-state index in [4.69, 9.17) is 4.74 Å². The molecule has 2 heterocycles. The van der Waals surface area contributed by atoms with Gasteiger partial charge in [0.15, 0.2) is 0 Å². The number of aryl methyl sites for hydroxylation is 1. The van der Waals surface area contributed by atoms with Gasteiger partial charge in [0.05, 0.1) is 6.61 Å². The molecule has 0 spiro atoms. The molecule has 4 nitrogen and oxygen atoms in total. The summed E-state index contributed by atoms with van der Waals surface area (Å²) < 4.78 is 33.0. The first-order valence-corrected chi connectivity index (χ1v) is 8.99. The van der Waals surface area contributed by atoms with Crippen molar-refractivity contribution in [3.8, 4) is 0 Å². The van der Waals surface area contributed by atoms with E-state index in [9.17, 15) is 8.42 Å². The minimum atomic E-state index is -3.31. The van der Waals surface area contributed by atoms with Crippen LogP contribution in [0.2, 0.25) is 0 Å². The van der Waals surface area contributed by atoms with E-state index in [0.717, 1.165) is 30.7 Å². The maximum absolute atomic E-state index is 12.7. The molecule has 0 bridgehead atoms. The second-order valence-electron chi connectivity index (χ2n) is 5.40. The molecule has 0 N–H and O–H groups in total. The number of nitrogens with zero attached hydrogens (tertiary/aromatic N) is 1. The Kier molecular flexibility index (Phi) is 3.68. The molecule has 1 aliphatic carbocycles. The van der Waals surface area contributed by atoms with Gasteiger partial charge in [-0.05, 0) is 44.2 Å². The highest BCUT2D eigenvalue weighted by Gasteiger charge is 2.40. The summed E-state index contributed by atoms with van der Waals surface area (Å²) in [4.78, 5) is 1.04. The van der Waals surface area contributed by atoms with Crippen molar-refractivity contribution in [1.29, 1.82) is 0 Å². The summed E-state index contributed by atoms with van der Waals surface area (Å²) in [6.45, 7) is 4.02. The van der Waals surface area contributed by atoms with Crippen LogP contribution in [0.4, 0.5) is 0 Å². The number of thiophene rings is 1. The lowest BCUT2D eigenvalue weighted by molar-refractivity contribution is 0.180. The summed E-state index contributed by atoms with van der Waals surface area (Å²) in [6.07, 6.45) is 2.97. The number of hydrogen-bond donors (Lipinski definition) is 0. The summed E-state index contributed by atoms with van der Waals surface area (Å²) in [7, 11) is -3.31. The lowest BCUT2D eigenvalue weighted by Gasteiger charge is -2.23. The minimum absolute atomic E-state index is 0.216. The molecule has 0 amide bonds. The number of hydrogen-bond acceptors (Lipinski definition) is 4. The molecule has 1 saturated heterocycles. The average molecular weight is 301 g/mol. The van der Waals surface area contributed by atoms with E-state index in [1.54, 1.807) is 10.4 Å². The van der Waals surface area contributed by atoms with Gasteiger partial charge >= 0.3 is 0 Å². The van der Waals surface area contributed by atoms with E-state index in [0.29, 0.717) is 23.3 Å². The first-order valence-electron chi connectivity index (χ1n) is 6.73. The smallest absolute Gasteiger partial charge is 0.252 e. The Morgan fingerprint density at radius 3 is 2.68 bits per heavy atom. The van der Waals surface area contributed by atoms with E-state index in [1.807, 2.05) is 13.0 Å². The highest BCUT2D eigenvalue weighted by molar-refractivity contribution is 7.91. The van der Waals surface area contributed by atoms with Crippen LogP contribution in [-0.4, -0.2) is 38.5 Å². The standard InChI is InChI=1S/C13H19NO3S2/c1-10-2-5-13(18-10)19(15,16)14(12-3-4-12)8-11-6-7-17-9-11/h2,5,11-12H,3-4,6-9H2,1H3. The Bertz CT molecular complexity index is 542. The van der Waals surface area contributed by atoms with Crippen molar-refractivity contribution in [1.82, 2.24) is 4.31 Å². The van der Waals surface area contributed by atoms with Gasteiger partial charge in [0.2, 0.25) is 0 Å². The summed E-state index contributed by atoms with van der Waals surface area (Å²) in [5.41, 5.74) is 0. The summed E-state index contributed by atoms with van der Waals surface area (Å²) in [5, 5.41) is 0. The molecule has 1 aromatic rings. The van der Waals surface area contributed by atoms with Crippen molar-refractivity contribution in [3.05, 3.63) is 17.0 Å². The predicted molar refractivity (Wildman–Crippen MR) is 74.9 cm³/mol. The van der Waals surface area contributed by atoms with E-state index < -0.39 is 10.0 Å². The van der Waals surface area contributed by atoms with Gasteiger partial charge in [-0.1, -0.05) is 0 Å². The van der Waals surface area contributed by atoms with Crippen LogP contribution in [0.5, 0.6) is 0 Å². The van der Waals surface area contributed by atoms with Crippen molar-refractivity contribution < 1.29 is 13.2 Å². The van der Waals surface area contributed by atoms with Gasteiger partial charge in [-0.3, -0.25) is 0 Å². The van der Waals surface area contributed by atoms with Crippen LogP contribution in [0.15, 0.2) is 16.3 Å². The lowest BCUT2D eigenvalue weighted by Crippen LogP contribution is -2.37. The van der Waals surface area contributed by atoms with Gasteiger partial charge in [-0.2, -0.15) is 4.31 Å². The van der Waals surface area contributed by atoms with E-state index >= 15 is 0 Å². The highest BCUT2D eigenvalue weighted by atomic mass is 32.2. The molecule has 106 valence electrons. The normalized spacial score (nSPS) is 24.2. The van der Waals surface area contributed by atoms with Crippen molar-refractivity contribution in [2.24, 2.45) is 5.92 Å². The molecule has 1 aromatic heterocycles. The zero-order valence-corrected chi connectivity index (χ0v) is 12.7. The fraction of sp³-hybridized carbons (Fsp3) is 0.692. The number of sulfonamides is 1. The Hall–Kier alpha value is -0.430. The molecule has 1 unspecified atom stereocenters. The first-order chi connectivity index (χ1) is 9.07. The average Bonchev–Trinajstić information content (AvgIpc) is 2.88. The predicted octanol–water partition coefficient (Wildman–Crippen LogP) is 2.25. The van der Waals surface area contributed by atoms with Gasteiger partial charge in [0.25, 0.3) is 10.0 Å². The molecule has 1 aliphatic heterocycles. The Morgan fingerprint density at radius 1 is 1.37 bits per heavy atom. The van der Waals surface area contributed by atoms with Crippen LogP contribution >= 0.6 is 11.3 Å². The minimum Gasteiger partial charge on any atom is -0.381 e. The zero-order chi connectivity index (χ0) is 13.5.